The van der Waals surface area contributed by atoms with Crippen molar-refractivity contribution in [3.63, 3.8) is 0 Å². The van der Waals surface area contributed by atoms with Gasteiger partial charge in [-0.2, -0.15) is 0 Å². The number of hydrogen-bond donors (Lipinski definition) is 0. The number of fused-ring (bicyclic) bond motifs is 1. The Balaban J connectivity index is 1.90. The number of halogens is 2. The summed E-state index contributed by atoms with van der Waals surface area (Å²) in [6.07, 6.45) is 3.39. The van der Waals surface area contributed by atoms with Crippen LogP contribution in [0.1, 0.15) is 31.0 Å². The molecule has 1 aliphatic rings. The van der Waals surface area contributed by atoms with Crippen LogP contribution in [0, 0.1) is 9.39 Å². The molecule has 0 saturated heterocycles. The van der Waals surface area contributed by atoms with Crippen molar-refractivity contribution in [2.24, 2.45) is 4.99 Å². The number of nitrogens with zero attached hydrogens (tertiary/aromatic N) is 2. The first-order valence-electron chi connectivity index (χ1n) is 11.3. The second kappa shape index (κ2) is 11.4. The number of carbonyl (C=O) groups excluding carboxylic acids is 1. The molecule has 1 aromatic heterocycles. The lowest BCUT2D eigenvalue weighted by Crippen LogP contribution is -2.39. The van der Waals surface area contributed by atoms with Gasteiger partial charge in [-0.25, -0.2) is 14.2 Å². The molecule has 4 rings (SSSR count). The molecule has 192 valence electrons. The second-order valence-electron chi connectivity index (χ2n) is 7.99. The zero-order chi connectivity index (χ0) is 26.7. The molecule has 1 aliphatic heterocycles. The summed E-state index contributed by atoms with van der Waals surface area (Å²) in [5.74, 6) is 0.130. The monoisotopic (exact) mass is 634 g/mol. The van der Waals surface area contributed by atoms with Crippen molar-refractivity contribution in [3.8, 4) is 11.5 Å². The Morgan fingerprint density at radius 2 is 2.03 bits per heavy atom. The van der Waals surface area contributed by atoms with Gasteiger partial charge in [0, 0.05) is 0 Å². The van der Waals surface area contributed by atoms with Crippen molar-refractivity contribution in [2.45, 2.75) is 19.9 Å². The molecule has 3 aromatic rings. The van der Waals surface area contributed by atoms with E-state index in [1.54, 1.807) is 51.3 Å². The molecule has 2 heterocycles. The Morgan fingerprint density at radius 1 is 1.30 bits per heavy atom. The van der Waals surface area contributed by atoms with Gasteiger partial charge >= 0.3 is 5.97 Å². The van der Waals surface area contributed by atoms with E-state index in [4.69, 9.17) is 14.2 Å². The first-order valence-corrected chi connectivity index (χ1v) is 13.2. The van der Waals surface area contributed by atoms with Crippen LogP contribution in [0.25, 0.3) is 6.08 Å². The zero-order valence-electron chi connectivity index (χ0n) is 20.4. The maximum atomic E-state index is 13.7. The summed E-state index contributed by atoms with van der Waals surface area (Å²) in [5.41, 5.74) is 1.67. The quantitative estimate of drug-likeness (QED) is 0.212. The molecule has 0 spiro atoms. The molecule has 0 fully saturated rings. The predicted octanol–water partition coefficient (Wildman–Crippen LogP) is 4.12. The molecule has 0 aliphatic carbocycles. The summed E-state index contributed by atoms with van der Waals surface area (Å²) in [6, 6.07) is 8.58. The summed E-state index contributed by atoms with van der Waals surface area (Å²) in [4.78, 5) is 31.6. The molecule has 1 atom stereocenters. The fourth-order valence-electron chi connectivity index (χ4n) is 4.01. The van der Waals surface area contributed by atoms with Crippen LogP contribution in [-0.4, -0.2) is 30.9 Å². The van der Waals surface area contributed by atoms with E-state index in [1.807, 2.05) is 6.07 Å². The molecule has 0 unspecified atom stereocenters. The van der Waals surface area contributed by atoms with Gasteiger partial charge in [0.05, 0.1) is 39.1 Å². The number of benzene rings is 2. The topological polar surface area (TPSA) is 79.1 Å². The number of hydrogen-bond acceptors (Lipinski definition) is 7. The minimum atomic E-state index is -0.803. The fourth-order valence-corrected chi connectivity index (χ4v) is 5.84. The van der Waals surface area contributed by atoms with Gasteiger partial charge in [0.15, 0.2) is 16.3 Å². The first kappa shape index (κ1) is 26.8. The third-order valence-electron chi connectivity index (χ3n) is 5.60. The Bertz CT molecular complexity index is 1570. The van der Waals surface area contributed by atoms with Crippen LogP contribution >= 0.6 is 33.9 Å². The van der Waals surface area contributed by atoms with Crippen molar-refractivity contribution in [2.75, 3.05) is 20.3 Å². The van der Waals surface area contributed by atoms with Crippen molar-refractivity contribution in [3.05, 3.63) is 101 Å². The van der Waals surface area contributed by atoms with Crippen molar-refractivity contribution in [1.29, 1.82) is 0 Å². The highest BCUT2D eigenvalue weighted by Crippen LogP contribution is 2.34. The van der Waals surface area contributed by atoms with Crippen LogP contribution in [0.5, 0.6) is 11.5 Å². The maximum absolute atomic E-state index is 13.7. The molecule has 7 nitrogen and oxygen atoms in total. The van der Waals surface area contributed by atoms with E-state index in [-0.39, 0.29) is 17.7 Å². The normalized spacial score (nSPS) is 15.2. The summed E-state index contributed by atoms with van der Waals surface area (Å²) >= 11 is 3.36. The van der Waals surface area contributed by atoms with Gasteiger partial charge in [-0.15, -0.1) is 0 Å². The van der Waals surface area contributed by atoms with Crippen molar-refractivity contribution >= 4 is 46.0 Å². The minimum absolute atomic E-state index is 0.170. The van der Waals surface area contributed by atoms with E-state index >= 15 is 0 Å². The second-order valence-corrected chi connectivity index (χ2v) is 10.2. The maximum Gasteiger partial charge on any atom is 0.338 e. The van der Waals surface area contributed by atoms with E-state index in [9.17, 15) is 14.0 Å². The molecule has 0 radical (unpaired) electrons. The number of esters is 1. The summed E-state index contributed by atoms with van der Waals surface area (Å²) < 4.78 is 32.9. The molecule has 2 aromatic carbocycles. The van der Waals surface area contributed by atoms with Gasteiger partial charge < -0.3 is 14.2 Å². The van der Waals surface area contributed by atoms with Gasteiger partial charge in [-0.3, -0.25) is 9.36 Å². The Labute approximate surface area is 230 Å². The van der Waals surface area contributed by atoms with Crippen LogP contribution in [0.4, 0.5) is 4.39 Å². The van der Waals surface area contributed by atoms with E-state index in [0.717, 1.165) is 9.13 Å². The van der Waals surface area contributed by atoms with Crippen molar-refractivity contribution < 1.29 is 23.4 Å². The van der Waals surface area contributed by atoms with Crippen molar-refractivity contribution in [1.82, 2.24) is 4.57 Å². The van der Waals surface area contributed by atoms with E-state index in [2.05, 4.69) is 34.2 Å². The summed E-state index contributed by atoms with van der Waals surface area (Å²) in [7, 11) is 1.55. The third-order valence-corrected chi connectivity index (χ3v) is 7.38. The Kier molecular flexibility index (Phi) is 8.28. The lowest BCUT2D eigenvalue weighted by molar-refractivity contribution is -0.139. The lowest BCUT2D eigenvalue weighted by atomic mass is 9.96. The molecule has 0 amide bonds. The number of thiazole rings is 1. The number of ether oxygens (including phenoxy) is 3. The smallest absolute Gasteiger partial charge is 0.338 e. The van der Waals surface area contributed by atoms with Crippen LogP contribution in [0.15, 0.2) is 70.1 Å². The van der Waals surface area contributed by atoms with Crippen LogP contribution in [0.2, 0.25) is 0 Å². The highest BCUT2D eigenvalue weighted by atomic mass is 127. The molecule has 0 saturated carbocycles. The summed E-state index contributed by atoms with van der Waals surface area (Å²) in [5, 5.41) is 0. The van der Waals surface area contributed by atoms with E-state index < -0.39 is 17.8 Å². The molecule has 0 N–H and O–H groups in total. The predicted molar refractivity (Wildman–Crippen MR) is 148 cm³/mol. The Morgan fingerprint density at radius 3 is 2.68 bits per heavy atom. The highest BCUT2D eigenvalue weighted by Gasteiger charge is 2.33. The molecule has 37 heavy (non-hydrogen) atoms. The standard InChI is InChI=1S/C27H24FIN2O5S/c1-5-11-36-24-19(29)12-16(13-20(24)34-4)14-21-25(32)31-23(17-7-9-18(28)10-8-17)22(26(33)35-6-2)15(3)30-27(31)37-21/h5,7-10,12-14,23H,1,6,11H2,2-4H3/b21-14-/t23-/m0/s1. The number of allylic oxidation sites excluding steroid dienone is 1. The van der Waals surface area contributed by atoms with Crippen LogP contribution in [0.3, 0.4) is 0 Å². The van der Waals surface area contributed by atoms with Crippen LogP contribution < -0.4 is 24.4 Å². The highest BCUT2D eigenvalue weighted by molar-refractivity contribution is 14.1. The van der Waals surface area contributed by atoms with Gasteiger partial charge in [0.2, 0.25) is 0 Å². The Hall–Kier alpha value is -3.25. The number of methoxy groups -OCH3 is 1. The molecular formula is C27H24FIN2O5S. The lowest BCUT2D eigenvalue weighted by Gasteiger charge is -2.24. The largest absolute Gasteiger partial charge is 0.493 e. The van der Waals surface area contributed by atoms with Gasteiger partial charge in [-0.05, 0) is 77.9 Å². The zero-order valence-corrected chi connectivity index (χ0v) is 23.4. The first-order chi connectivity index (χ1) is 17.8. The average molecular weight is 634 g/mol. The third kappa shape index (κ3) is 5.40. The number of carbonyl (C=O) groups is 1. The average Bonchev–Trinajstić information content (AvgIpc) is 3.17. The molecule has 0 bridgehead atoms. The minimum Gasteiger partial charge on any atom is -0.493 e. The van der Waals surface area contributed by atoms with Gasteiger partial charge in [0.1, 0.15) is 12.4 Å². The van der Waals surface area contributed by atoms with E-state index in [0.29, 0.717) is 38.7 Å². The molecule has 10 heteroatoms. The summed E-state index contributed by atoms with van der Waals surface area (Å²) in [6.45, 7) is 7.58. The number of aromatic nitrogens is 1. The van der Waals surface area contributed by atoms with Gasteiger partial charge in [0.25, 0.3) is 5.56 Å². The van der Waals surface area contributed by atoms with Crippen LogP contribution in [-0.2, 0) is 9.53 Å². The SMILES string of the molecule is C=CCOc1c(I)cc(/C=c2\sc3n(c2=O)[C@@H](c2ccc(F)cc2)C(C(=O)OCC)=C(C)N=3)cc1OC. The number of rotatable bonds is 8. The van der Waals surface area contributed by atoms with E-state index in [1.165, 1.54) is 28.0 Å². The molecular weight excluding hydrogens is 610 g/mol. The van der Waals surface area contributed by atoms with Gasteiger partial charge in [-0.1, -0.05) is 36.1 Å². The fraction of sp³-hybridized carbons (Fsp3) is 0.222.